The number of hydrogen-bond acceptors (Lipinski definition) is 4. The lowest BCUT2D eigenvalue weighted by Gasteiger charge is -2.30. The zero-order valence-electron chi connectivity index (χ0n) is 22.9. The first-order valence-corrected chi connectivity index (χ1v) is 13.8. The number of H-pyrrole nitrogens is 1. The van der Waals surface area contributed by atoms with Crippen molar-refractivity contribution in [1.82, 2.24) is 14.8 Å². The largest absolute Gasteiger partial charge is 0.361 e. The Morgan fingerprint density at radius 3 is 2.50 bits per heavy atom. The third-order valence-corrected chi connectivity index (χ3v) is 7.63. The Balaban J connectivity index is 1.41. The molecule has 208 valence electrons. The Hall–Kier alpha value is -4.01. The van der Waals surface area contributed by atoms with Gasteiger partial charge >= 0.3 is 0 Å². The van der Waals surface area contributed by atoms with E-state index in [1.165, 1.54) is 12.1 Å². The summed E-state index contributed by atoms with van der Waals surface area (Å²) in [4.78, 5) is 35.7. The summed E-state index contributed by atoms with van der Waals surface area (Å²) in [5.74, 6) is -0.432. The Labute approximate surface area is 234 Å². The van der Waals surface area contributed by atoms with Gasteiger partial charge in [-0.2, -0.15) is 0 Å². The zero-order chi connectivity index (χ0) is 28.1. The molecular formula is C32H36FN5O2. The third-order valence-electron chi connectivity index (χ3n) is 7.63. The van der Waals surface area contributed by atoms with Crippen LogP contribution in [0, 0.1) is 5.82 Å². The van der Waals surface area contributed by atoms with Crippen LogP contribution in [0.1, 0.15) is 30.0 Å². The van der Waals surface area contributed by atoms with Crippen LogP contribution in [0.5, 0.6) is 0 Å². The number of rotatable bonds is 5. The highest BCUT2D eigenvalue weighted by Gasteiger charge is 2.26. The molecule has 0 bridgehead atoms. The molecular weight excluding hydrogens is 505 g/mol. The predicted octanol–water partition coefficient (Wildman–Crippen LogP) is 4.46. The minimum Gasteiger partial charge on any atom is -0.361 e. The first kappa shape index (κ1) is 27.6. The van der Waals surface area contributed by atoms with Gasteiger partial charge in [0.2, 0.25) is 11.8 Å². The average Bonchev–Trinajstić information content (AvgIpc) is 3.35. The van der Waals surface area contributed by atoms with Gasteiger partial charge in [0, 0.05) is 69.0 Å². The molecule has 1 aromatic heterocycles. The number of fused-ring (bicyclic) bond motifs is 2. The molecule has 0 saturated carbocycles. The molecule has 2 heterocycles. The molecule has 0 unspecified atom stereocenters. The number of anilines is 1. The molecule has 1 atom stereocenters. The van der Waals surface area contributed by atoms with Crippen molar-refractivity contribution in [3.63, 3.8) is 0 Å². The van der Waals surface area contributed by atoms with Gasteiger partial charge in [0.1, 0.15) is 5.82 Å². The normalized spacial score (nSPS) is 15.9. The molecule has 0 fully saturated rings. The number of aromatic amines is 1. The first-order valence-electron chi connectivity index (χ1n) is 13.8. The molecule has 0 saturated heterocycles. The van der Waals surface area contributed by atoms with Crippen LogP contribution in [-0.4, -0.2) is 58.8 Å². The number of nitrogens with one attached hydrogen (secondary N) is 1. The Kier molecular flexibility index (Phi) is 8.57. The molecule has 1 aliphatic heterocycles. The lowest BCUT2D eigenvalue weighted by molar-refractivity contribution is -0.133. The molecule has 1 aliphatic rings. The maximum absolute atomic E-state index is 13.9. The van der Waals surface area contributed by atoms with Gasteiger partial charge in [-0.3, -0.25) is 14.5 Å². The fourth-order valence-corrected chi connectivity index (χ4v) is 5.52. The molecule has 7 nitrogen and oxygen atoms in total. The monoisotopic (exact) mass is 541 g/mol. The quantitative estimate of drug-likeness (QED) is 0.391. The number of hydrogen-bond donors (Lipinski definition) is 2. The van der Waals surface area contributed by atoms with Gasteiger partial charge in [0.05, 0.1) is 6.04 Å². The Bertz CT molecular complexity index is 1470. The van der Waals surface area contributed by atoms with Crippen LogP contribution in [0.25, 0.3) is 10.9 Å². The van der Waals surface area contributed by atoms with Crippen molar-refractivity contribution < 1.29 is 14.0 Å². The minimum absolute atomic E-state index is 0.0364. The topological polar surface area (TPSA) is 85.7 Å². The first-order chi connectivity index (χ1) is 19.4. The highest BCUT2D eigenvalue weighted by molar-refractivity contribution is 5.92. The van der Waals surface area contributed by atoms with E-state index in [1.807, 2.05) is 59.6 Å². The number of carbonyl (C=O) groups excluding carboxylic acids is 2. The summed E-state index contributed by atoms with van der Waals surface area (Å²) < 4.78 is 13.5. The molecule has 3 aromatic carbocycles. The lowest BCUT2D eigenvalue weighted by Crippen LogP contribution is -2.47. The summed E-state index contributed by atoms with van der Waals surface area (Å²) in [6, 6.07) is 21.6. The second kappa shape index (κ2) is 12.4. The second-order valence-corrected chi connectivity index (χ2v) is 10.5. The molecule has 0 aliphatic carbocycles. The van der Waals surface area contributed by atoms with E-state index < -0.39 is 6.04 Å². The number of aromatic nitrogens is 1. The summed E-state index contributed by atoms with van der Waals surface area (Å²) in [6.07, 6.45) is 3.11. The van der Waals surface area contributed by atoms with Crippen LogP contribution >= 0.6 is 0 Å². The van der Waals surface area contributed by atoms with Gasteiger partial charge < -0.3 is 20.5 Å². The molecule has 2 amide bonds. The predicted molar refractivity (Wildman–Crippen MR) is 156 cm³/mol. The van der Waals surface area contributed by atoms with Gasteiger partial charge in [0.15, 0.2) is 0 Å². The van der Waals surface area contributed by atoms with E-state index in [2.05, 4.69) is 9.88 Å². The molecule has 0 spiro atoms. The van der Waals surface area contributed by atoms with Crippen LogP contribution in [0.3, 0.4) is 0 Å². The number of para-hydroxylation sites is 2. The fraction of sp³-hybridized carbons (Fsp3) is 0.312. The molecule has 40 heavy (non-hydrogen) atoms. The average molecular weight is 542 g/mol. The molecule has 3 N–H and O–H groups in total. The number of halogens is 1. The van der Waals surface area contributed by atoms with Gasteiger partial charge in [-0.05, 0) is 53.8 Å². The molecule has 8 heteroatoms. The zero-order valence-corrected chi connectivity index (χ0v) is 22.9. The standard InChI is InChI=1S/C32H36FN5O2/c1-23(39)38-16-6-15-36(21-24-11-13-27(33)14-12-24)17-18-37(22-25-7-2-5-10-31(25)38)32(40)29(34)19-26-20-35-30-9-4-3-8-28(26)30/h2-5,7-14,20,29,35H,6,15-19,21-22,34H2,1H3/t29-/m1/s1. The van der Waals surface area contributed by atoms with Crippen molar-refractivity contribution in [3.8, 4) is 0 Å². The van der Waals surface area contributed by atoms with Crippen LogP contribution in [-0.2, 0) is 29.1 Å². The highest BCUT2D eigenvalue weighted by atomic mass is 19.1. The minimum atomic E-state index is -0.717. The summed E-state index contributed by atoms with van der Waals surface area (Å²) in [7, 11) is 0. The summed E-state index contributed by atoms with van der Waals surface area (Å²) in [5.41, 5.74) is 11.3. The van der Waals surface area contributed by atoms with Gasteiger partial charge in [-0.15, -0.1) is 0 Å². The molecule has 5 rings (SSSR count). The highest BCUT2D eigenvalue weighted by Crippen LogP contribution is 2.25. The number of nitrogens with two attached hydrogens (primary N) is 1. The summed E-state index contributed by atoms with van der Waals surface area (Å²) in [6.45, 7) is 4.96. The van der Waals surface area contributed by atoms with Crippen LogP contribution < -0.4 is 10.6 Å². The van der Waals surface area contributed by atoms with Crippen molar-refractivity contribution in [3.05, 3.63) is 102 Å². The van der Waals surface area contributed by atoms with E-state index in [-0.39, 0.29) is 17.6 Å². The molecule has 0 radical (unpaired) electrons. The van der Waals surface area contributed by atoms with E-state index in [9.17, 15) is 14.0 Å². The number of carbonyl (C=O) groups is 2. The van der Waals surface area contributed by atoms with Crippen LogP contribution in [0.4, 0.5) is 10.1 Å². The summed E-state index contributed by atoms with van der Waals surface area (Å²) in [5, 5.41) is 1.07. The number of amides is 2. The second-order valence-electron chi connectivity index (χ2n) is 10.5. The van der Waals surface area contributed by atoms with Gasteiger partial charge in [-0.1, -0.05) is 48.5 Å². The third kappa shape index (κ3) is 6.41. The van der Waals surface area contributed by atoms with E-state index in [0.717, 1.165) is 46.2 Å². The van der Waals surface area contributed by atoms with Crippen molar-refractivity contribution in [2.45, 2.75) is 38.9 Å². The molecule has 4 aromatic rings. The van der Waals surface area contributed by atoms with Gasteiger partial charge in [0.25, 0.3) is 0 Å². The number of nitrogens with zero attached hydrogens (tertiary/aromatic N) is 3. The van der Waals surface area contributed by atoms with E-state index in [0.29, 0.717) is 39.1 Å². The lowest BCUT2D eigenvalue weighted by atomic mass is 10.0. The van der Waals surface area contributed by atoms with Crippen molar-refractivity contribution >= 4 is 28.4 Å². The van der Waals surface area contributed by atoms with E-state index in [4.69, 9.17) is 5.73 Å². The van der Waals surface area contributed by atoms with Crippen molar-refractivity contribution in [2.24, 2.45) is 5.73 Å². The Morgan fingerprint density at radius 1 is 0.950 bits per heavy atom. The van der Waals surface area contributed by atoms with Crippen molar-refractivity contribution in [2.75, 3.05) is 31.1 Å². The number of benzene rings is 3. The van der Waals surface area contributed by atoms with Crippen LogP contribution in [0.15, 0.2) is 79.0 Å². The summed E-state index contributed by atoms with van der Waals surface area (Å²) >= 11 is 0. The maximum atomic E-state index is 13.9. The fourth-order valence-electron chi connectivity index (χ4n) is 5.52. The maximum Gasteiger partial charge on any atom is 0.240 e. The van der Waals surface area contributed by atoms with Gasteiger partial charge in [-0.25, -0.2) is 4.39 Å². The SMILES string of the molecule is CC(=O)N1CCCN(Cc2ccc(F)cc2)CCN(C(=O)[C@H](N)Cc2c[nH]c3ccccc23)Cc2ccccc21. The van der Waals surface area contributed by atoms with E-state index in [1.54, 1.807) is 24.0 Å². The Morgan fingerprint density at radius 2 is 1.70 bits per heavy atom. The van der Waals surface area contributed by atoms with Crippen LogP contribution in [0.2, 0.25) is 0 Å². The van der Waals surface area contributed by atoms with E-state index >= 15 is 0 Å². The smallest absolute Gasteiger partial charge is 0.240 e. The van der Waals surface area contributed by atoms with Crippen molar-refractivity contribution in [1.29, 1.82) is 0 Å².